The van der Waals surface area contributed by atoms with Crippen LogP contribution in [0.2, 0.25) is 0 Å². The van der Waals surface area contributed by atoms with E-state index in [0.29, 0.717) is 22.1 Å². The molecule has 0 bridgehead atoms. The van der Waals surface area contributed by atoms with Crippen LogP contribution in [0.5, 0.6) is 0 Å². The molecule has 1 aromatic heterocycles. The molecule has 0 aliphatic rings. The molecular weight excluding hydrogens is 376 g/mol. The van der Waals surface area contributed by atoms with Crippen molar-refractivity contribution in [2.24, 2.45) is 0 Å². The summed E-state index contributed by atoms with van der Waals surface area (Å²) >= 11 is 0. The van der Waals surface area contributed by atoms with Gasteiger partial charge in [0, 0.05) is 17.7 Å². The van der Waals surface area contributed by atoms with Crippen molar-refractivity contribution in [3.05, 3.63) is 94.7 Å². The van der Waals surface area contributed by atoms with Crippen LogP contribution in [0.1, 0.15) is 21.6 Å². The average Bonchev–Trinajstić information content (AvgIpc) is 2.66. The lowest BCUT2D eigenvalue weighted by Gasteiger charge is -2.10. The first-order chi connectivity index (χ1) is 13.3. The van der Waals surface area contributed by atoms with Gasteiger partial charge in [0.05, 0.1) is 5.56 Å². The molecule has 1 heterocycles. The van der Waals surface area contributed by atoms with E-state index in [0.717, 1.165) is 12.1 Å². The van der Waals surface area contributed by atoms with Crippen molar-refractivity contribution in [1.29, 1.82) is 0 Å². The molecule has 3 aromatic rings. The maximum Gasteiger partial charge on any atom is 0.419 e. The summed E-state index contributed by atoms with van der Waals surface area (Å²) in [5.41, 5.74) is -0.179. The summed E-state index contributed by atoms with van der Waals surface area (Å²) in [7, 11) is 0. The Bertz CT molecular complexity index is 1020. The topological polar surface area (TPSA) is 56.0 Å². The SMILES string of the molecule is O=C(NCc1cccc[n+]1[O-])c1cccc(-c2ccc(C(F)(F)F)c(F)c2)c1. The van der Waals surface area contributed by atoms with Gasteiger partial charge in [0.15, 0.2) is 6.20 Å². The molecule has 4 nitrogen and oxygen atoms in total. The van der Waals surface area contributed by atoms with Crippen molar-refractivity contribution < 1.29 is 27.1 Å². The van der Waals surface area contributed by atoms with Crippen molar-refractivity contribution in [3.8, 4) is 11.1 Å². The highest BCUT2D eigenvalue weighted by atomic mass is 19.4. The van der Waals surface area contributed by atoms with Gasteiger partial charge in [-0.1, -0.05) is 18.2 Å². The van der Waals surface area contributed by atoms with E-state index in [2.05, 4.69) is 5.32 Å². The predicted octanol–water partition coefficient (Wildman–Crippen LogP) is 4.07. The first-order valence-corrected chi connectivity index (χ1v) is 8.18. The predicted molar refractivity (Wildman–Crippen MR) is 93.4 cm³/mol. The zero-order valence-corrected chi connectivity index (χ0v) is 14.3. The van der Waals surface area contributed by atoms with Gasteiger partial charge >= 0.3 is 6.18 Å². The minimum atomic E-state index is -4.78. The summed E-state index contributed by atoms with van der Waals surface area (Å²) in [6, 6.07) is 13.4. The van der Waals surface area contributed by atoms with Crippen molar-refractivity contribution in [1.82, 2.24) is 5.32 Å². The molecule has 3 rings (SSSR count). The van der Waals surface area contributed by atoms with Crippen LogP contribution in [0.3, 0.4) is 0 Å². The van der Waals surface area contributed by atoms with Crippen LogP contribution in [0.15, 0.2) is 66.9 Å². The standard InChI is InChI=1S/C20H14F4N2O2/c21-18-11-14(7-8-17(18)20(22,23)24)13-4-3-5-15(10-13)19(27)25-12-16-6-1-2-9-26(16)28/h1-11H,12H2,(H,25,27). The highest BCUT2D eigenvalue weighted by Crippen LogP contribution is 2.33. The maximum atomic E-state index is 13.8. The van der Waals surface area contributed by atoms with E-state index < -0.39 is 23.5 Å². The number of rotatable bonds is 4. The van der Waals surface area contributed by atoms with Crippen LogP contribution in [0.25, 0.3) is 11.1 Å². The molecule has 0 aliphatic heterocycles. The number of halogens is 4. The Morgan fingerprint density at radius 2 is 1.75 bits per heavy atom. The lowest BCUT2D eigenvalue weighted by molar-refractivity contribution is -0.614. The summed E-state index contributed by atoms with van der Waals surface area (Å²) in [4.78, 5) is 12.3. The molecular formula is C20H14F4N2O2. The summed E-state index contributed by atoms with van der Waals surface area (Å²) in [6.45, 7) is 0.00229. The molecule has 0 saturated heterocycles. The van der Waals surface area contributed by atoms with E-state index in [1.807, 2.05) is 0 Å². The number of alkyl halides is 3. The third-order valence-electron chi connectivity index (χ3n) is 4.07. The summed E-state index contributed by atoms with van der Waals surface area (Å²) in [6.07, 6.45) is -3.47. The highest BCUT2D eigenvalue weighted by molar-refractivity contribution is 5.95. The smallest absolute Gasteiger partial charge is 0.419 e. The van der Waals surface area contributed by atoms with E-state index in [9.17, 15) is 27.6 Å². The quantitative estimate of drug-likeness (QED) is 0.415. The summed E-state index contributed by atoms with van der Waals surface area (Å²) in [5.74, 6) is -1.86. The zero-order chi connectivity index (χ0) is 20.3. The molecule has 0 saturated carbocycles. The number of nitrogens with one attached hydrogen (secondary N) is 1. The van der Waals surface area contributed by atoms with E-state index in [1.54, 1.807) is 24.3 Å². The molecule has 0 aliphatic carbocycles. The summed E-state index contributed by atoms with van der Waals surface area (Å²) < 4.78 is 52.5. The van der Waals surface area contributed by atoms with Gasteiger partial charge in [0.1, 0.15) is 12.4 Å². The molecule has 0 fully saturated rings. The van der Waals surface area contributed by atoms with E-state index >= 15 is 0 Å². The van der Waals surface area contributed by atoms with Gasteiger partial charge in [-0.25, -0.2) is 4.39 Å². The van der Waals surface area contributed by atoms with Gasteiger partial charge in [0.25, 0.3) is 5.91 Å². The Morgan fingerprint density at radius 3 is 2.43 bits per heavy atom. The van der Waals surface area contributed by atoms with Crippen LogP contribution in [0, 0.1) is 11.0 Å². The molecule has 0 atom stereocenters. The molecule has 0 spiro atoms. The monoisotopic (exact) mass is 390 g/mol. The average molecular weight is 390 g/mol. The Balaban J connectivity index is 1.79. The van der Waals surface area contributed by atoms with Crippen molar-refractivity contribution in [2.45, 2.75) is 12.7 Å². The van der Waals surface area contributed by atoms with Gasteiger partial charge in [-0.2, -0.15) is 17.9 Å². The van der Waals surface area contributed by atoms with Crippen molar-refractivity contribution in [2.75, 3.05) is 0 Å². The van der Waals surface area contributed by atoms with Crippen LogP contribution >= 0.6 is 0 Å². The fourth-order valence-corrected chi connectivity index (χ4v) is 2.64. The van der Waals surface area contributed by atoms with E-state index in [4.69, 9.17) is 0 Å². The Hall–Kier alpha value is -3.42. The van der Waals surface area contributed by atoms with Gasteiger partial charge in [-0.15, -0.1) is 0 Å². The maximum absolute atomic E-state index is 13.8. The Kier molecular flexibility index (Phi) is 5.30. The second kappa shape index (κ2) is 7.67. The van der Waals surface area contributed by atoms with Gasteiger partial charge < -0.3 is 10.5 Å². The number of hydrogen-bond donors (Lipinski definition) is 1. The largest absolute Gasteiger partial charge is 0.618 e. The molecule has 8 heteroatoms. The number of carbonyl (C=O) groups is 1. The first kappa shape index (κ1) is 19.3. The van der Waals surface area contributed by atoms with E-state index in [1.165, 1.54) is 24.4 Å². The lowest BCUT2D eigenvalue weighted by Crippen LogP contribution is -2.35. The lowest BCUT2D eigenvalue weighted by atomic mass is 10.0. The number of hydrogen-bond acceptors (Lipinski definition) is 2. The van der Waals surface area contributed by atoms with Crippen LogP contribution in [-0.2, 0) is 12.7 Å². The number of aromatic nitrogens is 1. The number of benzene rings is 2. The van der Waals surface area contributed by atoms with Gasteiger partial charge in [0.2, 0.25) is 5.69 Å². The van der Waals surface area contributed by atoms with Crippen LogP contribution in [0.4, 0.5) is 17.6 Å². The third kappa shape index (κ3) is 4.28. The second-order valence-electron chi connectivity index (χ2n) is 5.97. The van der Waals surface area contributed by atoms with Crippen LogP contribution in [-0.4, -0.2) is 5.91 Å². The fourth-order valence-electron chi connectivity index (χ4n) is 2.64. The van der Waals surface area contributed by atoms with Gasteiger partial charge in [-0.05, 0) is 41.5 Å². The zero-order valence-electron chi connectivity index (χ0n) is 14.3. The van der Waals surface area contributed by atoms with Crippen molar-refractivity contribution >= 4 is 5.91 Å². The summed E-state index contributed by atoms with van der Waals surface area (Å²) in [5, 5.41) is 14.2. The number of nitrogens with zero attached hydrogens (tertiary/aromatic N) is 1. The molecule has 2 aromatic carbocycles. The number of amides is 1. The molecule has 28 heavy (non-hydrogen) atoms. The first-order valence-electron chi connectivity index (χ1n) is 8.18. The molecule has 0 unspecified atom stereocenters. The second-order valence-corrected chi connectivity index (χ2v) is 5.97. The Labute approximate surface area is 157 Å². The van der Waals surface area contributed by atoms with E-state index in [-0.39, 0.29) is 17.7 Å². The molecule has 0 radical (unpaired) electrons. The molecule has 144 valence electrons. The number of carbonyl (C=O) groups excluding carboxylic acids is 1. The third-order valence-corrected chi connectivity index (χ3v) is 4.07. The minimum Gasteiger partial charge on any atom is -0.618 e. The molecule has 1 amide bonds. The number of pyridine rings is 1. The van der Waals surface area contributed by atoms with Gasteiger partial charge in [-0.3, -0.25) is 4.79 Å². The molecule has 1 N–H and O–H groups in total. The normalized spacial score (nSPS) is 11.3. The fraction of sp³-hybridized carbons (Fsp3) is 0.100. The van der Waals surface area contributed by atoms with Crippen LogP contribution < -0.4 is 10.0 Å². The minimum absolute atomic E-state index is 0.00229. The highest BCUT2D eigenvalue weighted by Gasteiger charge is 2.33. The Morgan fingerprint density at radius 1 is 1.00 bits per heavy atom. The van der Waals surface area contributed by atoms with Crippen molar-refractivity contribution in [3.63, 3.8) is 0 Å².